The molecule has 1 aliphatic carbocycles. The van der Waals surface area contributed by atoms with Crippen molar-refractivity contribution in [1.29, 1.82) is 0 Å². The van der Waals surface area contributed by atoms with Crippen molar-refractivity contribution in [3.05, 3.63) is 23.8 Å². The van der Waals surface area contributed by atoms with Gasteiger partial charge in [-0.15, -0.1) is 0 Å². The van der Waals surface area contributed by atoms with E-state index in [4.69, 9.17) is 15.2 Å². The Kier molecular flexibility index (Phi) is 5.42. The SMILES string of the molecule is CS(=O)Cc1cc(N)ccc1OCC1(NC(=O)OC(C)(C)C)CC1. The molecule has 1 atom stereocenters. The first-order valence-corrected chi connectivity index (χ1v) is 9.64. The minimum atomic E-state index is -0.990. The number of anilines is 1. The molecule has 0 bridgehead atoms. The van der Waals surface area contributed by atoms with Gasteiger partial charge in [0.05, 0.1) is 11.3 Å². The van der Waals surface area contributed by atoms with Crippen molar-refractivity contribution < 1.29 is 18.5 Å². The van der Waals surface area contributed by atoms with Crippen LogP contribution in [0.4, 0.5) is 10.5 Å². The maximum absolute atomic E-state index is 11.9. The molecule has 7 heteroatoms. The average Bonchev–Trinajstić information content (AvgIpc) is 3.14. The van der Waals surface area contributed by atoms with Crippen molar-refractivity contribution >= 4 is 22.6 Å². The summed E-state index contributed by atoms with van der Waals surface area (Å²) in [6, 6.07) is 5.30. The number of rotatable bonds is 6. The van der Waals surface area contributed by atoms with Gasteiger partial charge in [-0.2, -0.15) is 0 Å². The van der Waals surface area contributed by atoms with Gasteiger partial charge in [-0.3, -0.25) is 4.21 Å². The Labute approximate surface area is 145 Å². The van der Waals surface area contributed by atoms with Crippen LogP contribution < -0.4 is 15.8 Å². The number of hydrogen-bond donors (Lipinski definition) is 2. The third kappa shape index (κ3) is 5.70. The summed E-state index contributed by atoms with van der Waals surface area (Å²) < 4.78 is 22.7. The molecule has 0 aliphatic heterocycles. The third-order valence-electron chi connectivity index (χ3n) is 3.57. The van der Waals surface area contributed by atoms with Crippen molar-refractivity contribution in [3.8, 4) is 5.75 Å². The standard InChI is InChI=1S/C17H26N2O4S/c1-16(2,3)23-15(20)19-17(7-8-17)11-22-14-6-5-13(18)9-12(14)10-24(4)21/h5-6,9H,7-8,10-11,18H2,1-4H3,(H,19,20). The highest BCUT2D eigenvalue weighted by molar-refractivity contribution is 7.83. The zero-order valence-electron chi connectivity index (χ0n) is 14.7. The number of ether oxygens (including phenoxy) is 2. The van der Waals surface area contributed by atoms with Crippen molar-refractivity contribution in [3.63, 3.8) is 0 Å². The molecule has 0 spiro atoms. The Balaban J connectivity index is 1.98. The van der Waals surface area contributed by atoms with Crippen LogP contribution in [0, 0.1) is 0 Å². The van der Waals surface area contributed by atoms with E-state index in [9.17, 15) is 9.00 Å². The lowest BCUT2D eigenvalue weighted by molar-refractivity contribution is 0.0477. The fourth-order valence-electron chi connectivity index (χ4n) is 2.26. The van der Waals surface area contributed by atoms with Gasteiger partial charge in [-0.25, -0.2) is 4.79 Å². The van der Waals surface area contributed by atoms with Crippen LogP contribution in [0.5, 0.6) is 5.75 Å². The highest BCUT2D eigenvalue weighted by atomic mass is 32.2. The van der Waals surface area contributed by atoms with E-state index in [0.717, 1.165) is 18.4 Å². The summed E-state index contributed by atoms with van der Waals surface area (Å²) in [5, 5.41) is 2.89. The molecule has 0 aromatic heterocycles. The van der Waals surface area contributed by atoms with E-state index in [1.54, 1.807) is 24.5 Å². The van der Waals surface area contributed by atoms with Crippen LogP contribution in [0.25, 0.3) is 0 Å². The van der Waals surface area contributed by atoms with Gasteiger partial charge < -0.3 is 20.5 Å². The Morgan fingerprint density at radius 1 is 1.38 bits per heavy atom. The van der Waals surface area contributed by atoms with E-state index in [0.29, 0.717) is 23.8 Å². The van der Waals surface area contributed by atoms with Crippen molar-refractivity contribution in [2.75, 3.05) is 18.6 Å². The lowest BCUT2D eigenvalue weighted by Gasteiger charge is -2.24. The van der Waals surface area contributed by atoms with E-state index in [2.05, 4.69) is 5.32 Å². The zero-order valence-corrected chi connectivity index (χ0v) is 15.5. The van der Waals surface area contributed by atoms with Crippen LogP contribution in [0.3, 0.4) is 0 Å². The maximum atomic E-state index is 11.9. The van der Waals surface area contributed by atoms with Crippen molar-refractivity contribution in [1.82, 2.24) is 5.32 Å². The number of hydrogen-bond acceptors (Lipinski definition) is 5. The second-order valence-corrected chi connectivity index (χ2v) is 8.72. The summed E-state index contributed by atoms with van der Waals surface area (Å²) in [6.45, 7) is 5.83. The number of nitrogens with one attached hydrogen (secondary N) is 1. The molecule has 6 nitrogen and oxygen atoms in total. The summed E-state index contributed by atoms with van der Waals surface area (Å²) in [5.74, 6) is 1.03. The molecule has 2 rings (SSSR count). The highest BCUT2D eigenvalue weighted by Crippen LogP contribution is 2.37. The first kappa shape index (κ1) is 18.6. The number of amides is 1. The average molecular weight is 354 g/mol. The predicted octanol–water partition coefficient (Wildman–Crippen LogP) is 2.58. The van der Waals surface area contributed by atoms with Crippen LogP contribution in [0.15, 0.2) is 18.2 Å². The number of nitrogens with two attached hydrogens (primary N) is 1. The molecule has 1 aliphatic rings. The molecule has 0 saturated heterocycles. The van der Waals surface area contributed by atoms with Crippen LogP contribution in [-0.4, -0.2) is 34.3 Å². The molecule has 1 fully saturated rings. The minimum absolute atomic E-state index is 0.347. The molecule has 1 saturated carbocycles. The van der Waals surface area contributed by atoms with Gasteiger partial charge in [0, 0.05) is 28.3 Å². The van der Waals surface area contributed by atoms with Gasteiger partial charge in [0.25, 0.3) is 0 Å². The second kappa shape index (κ2) is 7.01. The maximum Gasteiger partial charge on any atom is 0.408 e. The zero-order chi connectivity index (χ0) is 18.0. The lowest BCUT2D eigenvalue weighted by Crippen LogP contribution is -2.44. The van der Waals surface area contributed by atoms with E-state index in [-0.39, 0.29) is 5.54 Å². The van der Waals surface area contributed by atoms with Gasteiger partial charge in [-0.1, -0.05) is 0 Å². The normalized spacial score (nSPS) is 17.0. The second-order valence-electron chi connectivity index (χ2n) is 7.28. The van der Waals surface area contributed by atoms with Crippen LogP contribution in [0.2, 0.25) is 0 Å². The van der Waals surface area contributed by atoms with Crippen molar-refractivity contribution in [2.45, 2.75) is 50.5 Å². The van der Waals surface area contributed by atoms with Crippen LogP contribution in [0.1, 0.15) is 39.2 Å². The summed E-state index contributed by atoms with van der Waals surface area (Å²) in [7, 11) is -0.990. The van der Waals surface area contributed by atoms with Gasteiger partial charge in [-0.05, 0) is 51.8 Å². The molecule has 0 heterocycles. The summed E-state index contributed by atoms with van der Waals surface area (Å²) in [6.07, 6.45) is 2.89. The predicted molar refractivity (Wildman–Crippen MR) is 95.5 cm³/mol. The van der Waals surface area contributed by atoms with E-state index >= 15 is 0 Å². The smallest absolute Gasteiger partial charge is 0.408 e. The molecule has 0 radical (unpaired) electrons. The number of alkyl carbamates (subject to hydrolysis) is 1. The molecule has 134 valence electrons. The Morgan fingerprint density at radius 2 is 2.04 bits per heavy atom. The topological polar surface area (TPSA) is 90.7 Å². The Bertz CT molecular complexity index is 636. The highest BCUT2D eigenvalue weighted by Gasteiger charge is 2.46. The monoisotopic (exact) mass is 354 g/mol. The van der Waals surface area contributed by atoms with Crippen molar-refractivity contribution in [2.24, 2.45) is 0 Å². The fourth-order valence-corrected chi connectivity index (χ4v) is 2.93. The fraction of sp³-hybridized carbons (Fsp3) is 0.588. The van der Waals surface area contributed by atoms with E-state index in [1.807, 2.05) is 20.8 Å². The van der Waals surface area contributed by atoms with E-state index < -0.39 is 22.5 Å². The summed E-state index contributed by atoms with van der Waals surface area (Å²) >= 11 is 0. The van der Waals surface area contributed by atoms with Gasteiger partial charge in [0.1, 0.15) is 18.0 Å². The minimum Gasteiger partial charge on any atom is -0.491 e. The lowest BCUT2D eigenvalue weighted by atomic mass is 10.2. The van der Waals surface area contributed by atoms with Gasteiger partial charge in [0.15, 0.2) is 0 Å². The van der Waals surface area contributed by atoms with E-state index in [1.165, 1.54) is 0 Å². The Hall–Kier alpha value is -1.76. The van der Waals surface area contributed by atoms with Gasteiger partial charge in [0.2, 0.25) is 0 Å². The summed E-state index contributed by atoms with van der Waals surface area (Å²) in [4.78, 5) is 11.9. The Morgan fingerprint density at radius 3 is 2.58 bits per heavy atom. The molecule has 1 amide bonds. The van der Waals surface area contributed by atoms with Gasteiger partial charge >= 0.3 is 6.09 Å². The third-order valence-corrected chi connectivity index (χ3v) is 4.28. The summed E-state index contributed by atoms with van der Waals surface area (Å²) in [5.41, 5.74) is 6.30. The largest absolute Gasteiger partial charge is 0.491 e. The number of benzene rings is 1. The molecular formula is C17H26N2O4S. The number of carbonyl (C=O) groups excluding carboxylic acids is 1. The molecule has 24 heavy (non-hydrogen) atoms. The molecule has 1 aromatic carbocycles. The molecule has 1 aromatic rings. The number of carbonyl (C=O) groups is 1. The van der Waals surface area contributed by atoms with Crippen LogP contribution in [-0.2, 0) is 21.3 Å². The molecule has 1 unspecified atom stereocenters. The molecular weight excluding hydrogens is 328 g/mol. The molecule has 3 N–H and O–H groups in total. The van der Waals surface area contributed by atoms with Crippen LogP contribution >= 0.6 is 0 Å². The first-order valence-electron chi connectivity index (χ1n) is 7.91. The quantitative estimate of drug-likeness (QED) is 0.766. The first-order chi connectivity index (χ1) is 11.1. The number of nitrogen functional groups attached to an aromatic ring is 1.